The molecule has 0 fully saturated rings. The fourth-order valence-electron chi connectivity index (χ4n) is 1.07. The molecule has 0 radical (unpaired) electrons. The highest BCUT2D eigenvalue weighted by Gasteiger charge is 2.11. The van der Waals surface area contributed by atoms with Crippen LogP contribution in [0.2, 0.25) is 0 Å². The number of carboxylic acids is 1. The van der Waals surface area contributed by atoms with Crippen LogP contribution in [0, 0.1) is 0 Å². The summed E-state index contributed by atoms with van der Waals surface area (Å²) in [5, 5.41) is 9.54. The zero-order chi connectivity index (χ0) is 13.4. The minimum absolute atomic E-state index is 0.155. The lowest BCUT2D eigenvalue weighted by Crippen LogP contribution is -2.43. The topological polar surface area (TPSA) is 122 Å². The number of nitrogens with two attached hydrogens (primary N) is 2. The molecule has 0 saturated carbocycles. The number of amides is 1. The Labute approximate surface area is 98.2 Å². The number of hydrogen-bond acceptors (Lipinski definition) is 5. The van der Waals surface area contributed by atoms with Gasteiger partial charge in [-0.25, -0.2) is 9.40 Å². The molecule has 0 aliphatic rings. The second-order valence-electron chi connectivity index (χ2n) is 3.47. The number of hydrogen-bond donors (Lipinski definition) is 4. The van der Waals surface area contributed by atoms with Crippen molar-refractivity contribution in [3.8, 4) is 0 Å². The summed E-state index contributed by atoms with van der Waals surface area (Å²) in [6, 6.07) is -0.795. The molecule has 0 aromatic rings. The average Bonchev–Trinajstić information content (AvgIpc) is 2.14. The zero-order valence-electron chi connectivity index (χ0n) is 9.52. The van der Waals surface area contributed by atoms with Crippen LogP contribution in [-0.2, 0) is 9.59 Å². The smallest absolute Gasteiger partial charge is 0.319 e. The van der Waals surface area contributed by atoms with Crippen LogP contribution in [0.4, 0.5) is 4.39 Å². The third-order valence-electron chi connectivity index (χ3n) is 1.70. The molecule has 8 heteroatoms. The SMILES string of the molecule is CN(CC(=O)O)NC(=O)C[C@H](N)/C=C(/F)CN. The van der Waals surface area contributed by atoms with E-state index in [0.29, 0.717) is 0 Å². The van der Waals surface area contributed by atoms with Gasteiger partial charge in [0.2, 0.25) is 5.91 Å². The van der Waals surface area contributed by atoms with E-state index in [1.54, 1.807) is 0 Å². The van der Waals surface area contributed by atoms with Gasteiger partial charge >= 0.3 is 5.97 Å². The summed E-state index contributed by atoms with van der Waals surface area (Å²) in [7, 11) is 1.40. The van der Waals surface area contributed by atoms with Crippen molar-refractivity contribution in [3.05, 3.63) is 11.9 Å². The number of carbonyl (C=O) groups excluding carboxylic acids is 1. The molecule has 0 heterocycles. The maximum atomic E-state index is 12.7. The van der Waals surface area contributed by atoms with Crippen molar-refractivity contribution in [3.63, 3.8) is 0 Å². The van der Waals surface area contributed by atoms with E-state index >= 15 is 0 Å². The predicted octanol–water partition coefficient (Wildman–Crippen LogP) is -1.44. The van der Waals surface area contributed by atoms with Crippen molar-refractivity contribution in [2.45, 2.75) is 12.5 Å². The largest absolute Gasteiger partial charge is 0.480 e. The maximum Gasteiger partial charge on any atom is 0.319 e. The summed E-state index contributed by atoms with van der Waals surface area (Å²) in [5.41, 5.74) is 12.8. The molecule has 0 aromatic heterocycles. The van der Waals surface area contributed by atoms with Crippen molar-refractivity contribution in [1.29, 1.82) is 0 Å². The standard InChI is InChI=1S/C9H17FN4O3/c1-14(5-9(16)17)13-8(15)3-7(12)2-6(10)4-11/h2,7H,3-5,11-12H2,1H3,(H,13,15)(H,16,17)/b6-2+/t7-/m1/s1. The number of nitrogens with zero attached hydrogens (tertiary/aromatic N) is 1. The molecule has 0 aromatic carbocycles. The molecule has 1 amide bonds. The normalized spacial score (nSPS) is 13.6. The van der Waals surface area contributed by atoms with E-state index in [9.17, 15) is 14.0 Å². The molecule has 0 unspecified atom stereocenters. The van der Waals surface area contributed by atoms with Gasteiger partial charge in [0, 0.05) is 26.1 Å². The molecule has 0 bridgehead atoms. The van der Waals surface area contributed by atoms with Gasteiger partial charge in [-0.1, -0.05) is 0 Å². The summed E-state index contributed by atoms with van der Waals surface area (Å²) in [4.78, 5) is 21.6. The van der Waals surface area contributed by atoms with Crippen LogP contribution >= 0.6 is 0 Å². The Balaban J connectivity index is 4.05. The Morgan fingerprint density at radius 3 is 2.65 bits per heavy atom. The highest BCUT2D eigenvalue weighted by atomic mass is 19.1. The fraction of sp³-hybridized carbons (Fsp3) is 0.556. The Hall–Kier alpha value is -1.51. The molecule has 0 aliphatic heterocycles. The first-order valence-electron chi connectivity index (χ1n) is 4.89. The van der Waals surface area contributed by atoms with Gasteiger partial charge in [-0.15, -0.1) is 0 Å². The molecule has 0 saturated heterocycles. The first kappa shape index (κ1) is 15.5. The number of carboxylic acid groups (broad SMARTS) is 1. The van der Waals surface area contributed by atoms with Gasteiger partial charge in [0.05, 0.1) is 0 Å². The fourth-order valence-corrected chi connectivity index (χ4v) is 1.07. The number of rotatable bonds is 7. The molecule has 17 heavy (non-hydrogen) atoms. The summed E-state index contributed by atoms with van der Waals surface area (Å²) < 4.78 is 12.7. The Morgan fingerprint density at radius 2 is 2.18 bits per heavy atom. The first-order valence-corrected chi connectivity index (χ1v) is 4.89. The molecule has 0 aliphatic carbocycles. The van der Waals surface area contributed by atoms with Gasteiger partial charge in [0.1, 0.15) is 12.4 Å². The molecule has 7 nitrogen and oxygen atoms in total. The minimum atomic E-state index is -1.08. The quantitative estimate of drug-likeness (QED) is 0.409. The molecule has 0 rings (SSSR count). The third-order valence-corrected chi connectivity index (χ3v) is 1.70. The van der Waals surface area contributed by atoms with Crippen LogP contribution < -0.4 is 16.9 Å². The van der Waals surface area contributed by atoms with E-state index in [4.69, 9.17) is 16.6 Å². The van der Waals surface area contributed by atoms with Crippen LogP contribution in [0.1, 0.15) is 6.42 Å². The molecule has 0 spiro atoms. The van der Waals surface area contributed by atoms with Crippen molar-refractivity contribution in [2.75, 3.05) is 20.1 Å². The van der Waals surface area contributed by atoms with E-state index in [-0.39, 0.29) is 19.5 Å². The van der Waals surface area contributed by atoms with Crippen LogP contribution in [-0.4, -0.2) is 48.2 Å². The maximum absolute atomic E-state index is 12.7. The first-order chi connectivity index (χ1) is 7.85. The second kappa shape index (κ2) is 7.71. The summed E-state index contributed by atoms with van der Waals surface area (Å²) in [5.74, 6) is -2.17. The lowest BCUT2D eigenvalue weighted by atomic mass is 10.2. The number of carbonyl (C=O) groups is 2. The van der Waals surface area contributed by atoms with E-state index in [0.717, 1.165) is 11.1 Å². The number of aliphatic carboxylic acids is 1. The Bertz CT molecular complexity index is 309. The second-order valence-corrected chi connectivity index (χ2v) is 3.47. The summed E-state index contributed by atoms with van der Waals surface area (Å²) in [6.45, 7) is -0.609. The number of nitrogens with one attached hydrogen (secondary N) is 1. The number of likely N-dealkylation sites (N-methyl/N-ethyl adjacent to an activating group) is 1. The van der Waals surface area contributed by atoms with Gasteiger partial charge in [-0.05, 0) is 6.08 Å². The van der Waals surface area contributed by atoms with Gasteiger partial charge in [-0.3, -0.25) is 15.0 Å². The van der Waals surface area contributed by atoms with Gasteiger partial charge < -0.3 is 16.6 Å². The van der Waals surface area contributed by atoms with Crippen molar-refractivity contribution >= 4 is 11.9 Å². The van der Waals surface area contributed by atoms with Crippen LogP contribution in [0.25, 0.3) is 0 Å². The Kier molecular flexibility index (Phi) is 7.03. The summed E-state index contributed by atoms with van der Waals surface area (Å²) >= 11 is 0. The van der Waals surface area contributed by atoms with Crippen LogP contribution in [0.15, 0.2) is 11.9 Å². The van der Waals surface area contributed by atoms with Crippen LogP contribution in [0.5, 0.6) is 0 Å². The molecular weight excluding hydrogens is 231 g/mol. The van der Waals surface area contributed by atoms with E-state index in [1.165, 1.54) is 7.05 Å². The van der Waals surface area contributed by atoms with Gasteiger partial charge in [-0.2, -0.15) is 0 Å². The monoisotopic (exact) mass is 248 g/mol. The number of hydrazine groups is 1. The minimum Gasteiger partial charge on any atom is -0.480 e. The van der Waals surface area contributed by atoms with E-state index in [1.807, 2.05) is 0 Å². The lowest BCUT2D eigenvalue weighted by molar-refractivity contribution is -0.139. The predicted molar refractivity (Wildman–Crippen MR) is 59.2 cm³/mol. The van der Waals surface area contributed by atoms with Crippen LogP contribution in [0.3, 0.4) is 0 Å². The molecule has 6 N–H and O–H groups in total. The lowest BCUT2D eigenvalue weighted by Gasteiger charge is -2.16. The third kappa shape index (κ3) is 8.31. The van der Waals surface area contributed by atoms with Gasteiger partial charge in [0.15, 0.2) is 0 Å². The molecule has 98 valence electrons. The van der Waals surface area contributed by atoms with E-state index in [2.05, 4.69) is 5.43 Å². The Morgan fingerprint density at radius 1 is 1.59 bits per heavy atom. The van der Waals surface area contributed by atoms with Crippen molar-refractivity contribution in [2.24, 2.45) is 11.5 Å². The number of halogens is 1. The highest BCUT2D eigenvalue weighted by Crippen LogP contribution is 1.98. The van der Waals surface area contributed by atoms with Gasteiger partial charge in [0.25, 0.3) is 0 Å². The highest BCUT2D eigenvalue weighted by molar-refractivity contribution is 5.77. The van der Waals surface area contributed by atoms with Crippen molar-refractivity contribution in [1.82, 2.24) is 10.4 Å². The summed E-state index contributed by atoms with van der Waals surface area (Å²) in [6.07, 6.45) is 0.897. The molecular formula is C9H17FN4O3. The van der Waals surface area contributed by atoms with Crippen molar-refractivity contribution < 1.29 is 19.1 Å². The molecule has 1 atom stereocenters. The average molecular weight is 248 g/mol. The van der Waals surface area contributed by atoms with E-state index < -0.39 is 23.7 Å². The zero-order valence-corrected chi connectivity index (χ0v) is 9.52.